The van der Waals surface area contributed by atoms with Crippen molar-refractivity contribution >= 4 is 81.1 Å². The molecule has 4 aromatic rings. The molecule has 2 aliphatic heterocycles. The number of aromatic nitrogens is 1. The van der Waals surface area contributed by atoms with E-state index in [-0.39, 0.29) is 23.2 Å². The van der Waals surface area contributed by atoms with E-state index in [0.717, 1.165) is 22.6 Å². The lowest BCUT2D eigenvalue weighted by molar-refractivity contribution is -0.122. The van der Waals surface area contributed by atoms with Crippen molar-refractivity contribution in [1.82, 2.24) is 4.57 Å². The van der Waals surface area contributed by atoms with Gasteiger partial charge in [0.25, 0.3) is 0 Å². The van der Waals surface area contributed by atoms with Crippen LogP contribution in [0.1, 0.15) is 16.4 Å². The van der Waals surface area contributed by atoms with Crippen LogP contribution in [-0.4, -0.2) is 41.6 Å². The minimum Gasteiger partial charge on any atom is -0.378 e. The zero-order valence-electron chi connectivity index (χ0n) is 22.4. The third kappa shape index (κ3) is 5.13. The van der Waals surface area contributed by atoms with E-state index < -0.39 is 23.0 Å². The number of carbonyl (C=O) groups is 3. The second kappa shape index (κ2) is 11.3. The maximum absolute atomic E-state index is 14.0. The predicted molar refractivity (Wildman–Crippen MR) is 168 cm³/mol. The molecule has 1 N–H and O–H groups in total. The van der Waals surface area contributed by atoms with Gasteiger partial charge in [-0.3, -0.25) is 23.7 Å². The molecule has 12 heteroatoms. The number of anilines is 3. The second-order valence-corrected chi connectivity index (χ2v) is 13.2. The van der Waals surface area contributed by atoms with Gasteiger partial charge in [0, 0.05) is 46.3 Å². The number of imide groups is 1. The first-order valence-corrected chi connectivity index (χ1v) is 15.4. The first-order chi connectivity index (χ1) is 20.1. The van der Waals surface area contributed by atoms with E-state index in [2.05, 4.69) is 5.32 Å². The van der Waals surface area contributed by atoms with Gasteiger partial charge in [0.1, 0.15) is 11.8 Å². The molecule has 3 aromatic carbocycles. The lowest BCUT2D eigenvalue weighted by atomic mass is 9.83. The van der Waals surface area contributed by atoms with Crippen molar-refractivity contribution in [3.05, 3.63) is 103 Å². The third-order valence-electron chi connectivity index (χ3n) is 7.33. The topological polar surface area (TPSA) is 91.7 Å². The summed E-state index contributed by atoms with van der Waals surface area (Å²) in [6, 6.07) is 21.0. The van der Waals surface area contributed by atoms with Gasteiger partial charge in [-0.05, 0) is 66.2 Å². The molecule has 1 fully saturated rings. The van der Waals surface area contributed by atoms with Gasteiger partial charge in [0.05, 0.1) is 16.6 Å². The van der Waals surface area contributed by atoms with Crippen LogP contribution in [-0.2, 0) is 20.9 Å². The van der Waals surface area contributed by atoms with Gasteiger partial charge in [-0.2, -0.15) is 0 Å². The number of fused-ring (bicyclic) bond motifs is 2. The third-order valence-corrected chi connectivity index (χ3v) is 10.4. The molecule has 0 radical (unpaired) electrons. The molecule has 2 aliphatic rings. The lowest BCUT2D eigenvalue weighted by Crippen LogP contribution is -2.33. The summed E-state index contributed by atoms with van der Waals surface area (Å²) in [7, 11) is 3.87. The molecule has 0 bridgehead atoms. The molecule has 1 aromatic heterocycles. The van der Waals surface area contributed by atoms with E-state index in [1.807, 2.05) is 43.3 Å². The summed E-state index contributed by atoms with van der Waals surface area (Å²) in [4.78, 5) is 57.7. The minimum absolute atomic E-state index is 0.243. The predicted octanol–water partition coefficient (Wildman–Crippen LogP) is 5.72. The van der Waals surface area contributed by atoms with Crippen LogP contribution in [0.3, 0.4) is 0 Å². The Morgan fingerprint density at radius 2 is 1.50 bits per heavy atom. The van der Waals surface area contributed by atoms with Crippen LogP contribution in [0, 0.1) is 5.92 Å². The minimum atomic E-state index is -0.779. The highest BCUT2D eigenvalue weighted by Gasteiger charge is 2.56. The summed E-state index contributed by atoms with van der Waals surface area (Å²) in [5.41, 5.74) is 2.77. The Balaban J connectivity index is 1.41. The number of rotatable bonds is 6. The summed E-state index contributed by atoms with van der Waals surface area (Å²) >= 11 is 14.2. The van der Waals surface area contributed by atoms with Crippen LogP contribution in [0.15, 0.2) is 82.6 Å². The van der Waals surface area contributed by atoms with E-state index in [1.54, 1.807) is 48.5 Å². The first-order valence-electron chi connectivity index (χ1n) is 13.0. The van der Waals surface area contributed by atoms with E-state index in [4.69, 9.17) is 23.2 Å². The monoisotopic (exact) mass is 638 g/mol. The molecular formula is C30H24Cl2N4O4S2. The van der Waals surface area contributed by atoms with Crippen LogP contribution in [0.5, 0.6) is 0 Å². The molecule has 3 amide bonds. The van der Waals surface area contributed by atoms with Gasteiger partial charge in [-0.25, -0.2) is 4.90 Å². The molecule has 2 unspecified atom stereocenters. The summed E-state index contributed by atoms with van der Waals surface area (Å²) in [6.45, 7) is -0.243. The Morgan fingerprint density at radius 1 is 0.881 bits per heavy atom. The Kier molecular flexibility index (Phi) is 7.65. The van der Waals surface area contributed by atoms with Crippen LogP contribution in [0.25, 0.3) is 0 Å². The van der Waals surface area contributed by atoms with Crippen molar-refractivity contribution in [1.29, 1.82) is 0 Å². The number of nitrogens with one attached hydrogen (secondary N) is 1. The SMILES string of the molecule is CN(C)c1ccc([C@H]2c3sc(=O)n(CC(=O)Nc4ccc(Cl)cc4)c3SC3C(=O)N(c4ccc(Cl)cc4)C(=O)C32)cc1. The highest BCUT2D eigenvalue weighted by Crippen LogP contribution is 2.54. The maximum atomic E-state index is 14.0. The number of carbonyl (C=O) groups excluding carboxylic acids is 3. The van der Waals surface area contributed by atoms with Crippen LogP contribution >= 0.6 is 46.3 Å². The summed E-state index contributed by atoms with van der Waals surface area (Å²) in [5.74, 6) is -2.38. The van der Waals surface area contributed by atoms with Crippen molar-refractivity contribution in [2.75, 3.05) is 29.2 Å². The largest absolute Gasteiger partial charge is 0.378 e. The molecule has 1 saturated heterocycles. The molecule has 214 valence electrons. The number of thiazole rings is 1. The van der Waals surface area contributed by atoms with E-state index >= 15 is 0 Å². The van der Waals surface area contributed by atoms with Gasteiger partial charge in [0.15, 0.2) is 0 Å². The number of amides is 3. The molecule has 3 heterocycles. The summed E-state index contributed by atoms with van der Waals surface area (Å²) < 4.78 is 1.40. The smallest absolute Gasteiger partial charge is 0.308 e. The average molecular weight is 640 g/mol. The van der Waals surface area contributed by atoms with Gasteiger partial charge >= 0.3 is 4.87 Å². The second-order valence-electron chi connectivity index (χ2n) is 10.2. The van der Waals surface area contributed by atoms with Crippen molar-refractivity contribution in [3.63, 3.8) is 0 Å². The Morgan fingerprint density at radius 3 is 2.12 bits per heavy atom. The standard InChI is InChI=1S/C30H24Cl2N4O4S2/c1-34(2)20-11-3-16(4-12-20)23-24-25(28(39)36(27(24)38)21-13-7-18(32)8-14-21)41-29-26(23)42-30(40)35(29)15-22(37)33-19-9-5-17(31)6-10-19/h3-14,23-25H,15H2,1-2H3,(H,33,37)/t23-,24?,25?/m1/s1. The van der Waals surface area contributed by atoms with Gasteiger partial charge in [-0.1, -0.05) is 58.4 Å². The van der Waals surface area contributed by atoms with Crippen molar-refractivity contribution < 1.29 is 14.4 Å². The number of hydrogen-bond acceptors (Lipinski definition) is 7. The van der Waals surface area contributed by atoms with E-state index in [1.165, 1.54) is 21.2 Å². The number of hydrogen-bond donors (Lipinski definition) is 1. The summed E-state index contributed by atoms with van der Waals surface area (Å²) in [6.07, 6.45) is 0. The normalized spacial score (nSPS) is 19.4. The van der Waals surface area contributed by atoms with E-state index in [9.17, 15) is 19.2 Å². The molecule has 3 atom stereocenters. The number of nitrogens with zero attached hydrogens (tertiary/aromatic N) is 3. The average Bonchev–Trinajstić information content (AvgIpc) is 3.41. The van der Waals surface area contributed by atoms with Gasteiger partial charge in [-0.15, -0.1) is 0 Å². The van der Waals surface area contributed by atoms with Crippen molar-refractivity contribution in [3.8, 4) is 0 Å². The van der Waals surface area contributed by atoms with Crippen LogP contribution in [0.2, 0.25) is 10.0 Å². The Hall–Kier alpha value is -3.57. The molecule has 8 nitrogen and oxygen atoms in total. The zero-order valence-corrected chi connectivity index (χ0v) is 25.6. The fourth-order valence-corrected chi connectivity index (χ4v) is 8.34. The number of benzene rings is 3. The van der Waals surface area contributed by atoms with Gasteiger partial charge in [0.2, 0.25) is 17.7 Å². The highest BCUT2D eigenvalue weighted by atomic mass is 35.5. The molecule has 0 saturated carbocycles. The molecule has 42 heavy (non-hydrogen) atoms. The maximum Gasteiger partial charge on any atom is 0.308 e. The molecule has 0 aliphatic carbocycles. The first kappa shape index (κ1) is 28.5. The Labute approximate surface area is 259 Å². The molecule has 6 rings (SSSR count). The Bertz CT molecular complexity index is 1750. The van der Waals surface area contributed by atoms with Gasteiger partial charge < -0.3 is 10.2 Å². The van der Waals surface area contributed by atoms with Crippen molar-refractivity contribution in [2.24, 2.45) is 5.92 Å². The molecule has 0 spiro atoms. The lowest BCUT2D eigenvalue weighted by Gasteiger charge is -2.31. The van der Waals surface area contributed by atoms with Crippen LogP contribution < -0.4 is 20.0 Å². The van der Waals surface area contributed by atoms with E-state index in [0.29, 0.717) is 31.3 Å². The summed E-state index contributed by atoms with van der Waals surface area (Å²) in [5, 5.41) is 3.57. The molecular weight excluding hydrogens is 615 g/mol. The zero-order chi connectivity index (χ0) is 29.7. The fourth-order valence-electron chi connectivity index (χ4n) is 5.32. The number of halogens is 2. The number of thioether (sulfide) groups is 1. The highest BCUT2D eigenvalue weighted by molar-refractivity contribution is 8.00. The fraction of sp³-hybridized carbons (Fsp3) is 0.200. The van der Waals surface area contributed by atoms with Crippen molar-refractivity contribution in [2.45, 2.75) is 22.7 Å². The quantitative estimate of drug-likeness (QED) is 0.272. The van der Waals surface area contributed by atoms with Crippen LogP contribution in [0.4, 0.5) is 17.1 Å².